The number of imidazole rings is 1. The van der Waals surface area contributed by atoms with Gasteiger partial charge in [0.15, 0.2) is 11.6 Å². The molecule has 0 unspecified atom stereocenters. The van der Waals surface area contributed by atoms with Crippen molar-refractivity contribution >= 4 is 0 Å². The summed E-state index contributed by atoms with van der Waals surface area (Å²) >= 11 is 0. The summed E-state index contributed by atoms with van der Waals surface area (Å²) in [6, 6.07) is 15.9. The highest BCUT2D eigenvalue weighted by molar-refractivity contribution is 5.65. The molecular weight excluding hydrogens is 421 g/mol. The minimum absolute atomic E-state index is 0.325. The Bertz CT molecular complexity index is 1330. The second-order valence-corrected chi connectivity index (χ2v) is 7.70. The highest BCUT2D eigenvalue weighted by Crippen LogP contribution is 2.25. The van der Waals surface area contributed by atoms with Crippen molar-refractivity contribution in [3.63, 3.8) is 0 Å². The van der Waals surface area contributed by atoms with Gasteiger partial charge in [-0.2, -0.15) is 5.10 Å². The first-order chi connectivity index (χ1) is 16.2. The summed E-state index contributed by atoms with van der Waals surface area (Å²) in [5.74, 6) is 1.65. The van der Waals surface area contributed by atoms with E-state index in [4.69, 9.17) is 9.26 Å². The summed E-state index contributed by atoms with van der Waals surface area (Å²) in [6.07, 6.45) is 5.57. The van der Waals surface area contributed by atoms with Gasteiger partial charge in [0, 0.05) is 17.2 Å². The van der Waals surface area contributed by atoms with Crippen molar-refractivity contribution in [1.82, 2.24) is 24.9 Å². The summed E-state index contributed by atoms with van der Waals surface area (Å²) in [4.78, 5) is 8.96. The van der Waals surface area contributed by atoms with Crippen molar-refractivity contribution in [3.8, 4) is 39.8 Å². The molecule has 7 nitrogen and oxygen atoms in total. The predicted octanol–water partition coefficient (Wildman–Crippen LogP) is 5.47. The molecule has 166 valence electrons. The molecule has 0 saturated carbocycles. The zero-order valence-electron chi connectivity index (χ0n) is 18.1. The predicted molar refractivity (Wildman–Crippen MR) is 121 cm³/mol. The Labute approximate surface area is 190 Å². The van der Waals surface area contributed by atoms with Crippen LogP contribution in [0.2, 0.25) is 0 Å². The van der Waals surface area contributed by atoms with Gasteiger partial charge < -0.3 is 9.26 Å². The Kier molecular flexibility index (Phi) is 5.80. The van der Waals surface area contributed by atoms with Crippen LogP contribution >= 0.6 is 0 Å². The van der Waals surface area contributed by atoms with Gasteiger partial charge in [0.2, 0.25) is 0 Å². The summed E-state index contributed by atoms with van der Waals surface area (Å²) < 4.78 is 26.5. The third-order valence-electron chi connectivity index (χ3n) is 5.19. The molecule has 2 aliphatic rings. The Morgan fingerprint density at radius 3 is 2.64 bits per heavy atom. The number of aromatic nitrogens is 5. The van der Waals surface area contributed by atoms with Gasteiger partial charge in [0.05, 0.1) is 19.0 Å². The summed E-state index contributed by atoms with van der Waals surface area (Å²) in [6.45, 7) is 3.25. The first-order valence-corrected chi connectivity index (χ1v) is 10.8. The molecule has 0 saturated heterocycles. The zero-order valence-corrected chi connectivity index (χ0v) is 18.1. The molecule has 0 N–H and O–H groups in total. The number of halogens is 1. The summed E-state index contributed by atoms with van der Waals surface area (Å²) in [5, 5.41) is 8.57. The minimum atomic E-state index is -0.325. The van der Waals surface area contributed by atoms with Gasteiger partial charge in [-0.15, -0.1) is 0 Å². The van der Waals surface area contributed by atoms with E-state index in [1.165, 1.54) is 12.1 Å². The van der Waals surface area contributed by atoms with Crippen LogP contribution in [0.25, 0.3) is 34.0 Å². The highest BCUT2D eigenvalue weighted by Gasteiger charge is 2.15. The second-order valence-electron chi connectivity index (χ2n) is 7.70. The molecule has 0 radical (unpaired) electrons. The van der Waals surface area contributed by atoms with E-state index in [1.807, 2.05) is 30.3 Å². The molecule has 8 heteroatoms. The van der Waals surface area contributed by atoms with Gasteiger partial charge in [-0.05, 0) is 42.8 Å². The topological polar surface area (TPSA) is 78.9 Å². The normalized spacial score (nSPS) is 11.2. The van der Waals surface area contributed by atoms with Crippen LogP contribution in [-0.4, -0.2) is 31.5 Å². The molecule has 3 heterocycles. The van der Waals surface area contributed by atoms with Crippen molar-refractivity contribution in [3.05, 3.63) is 78.6 Å². The molecule has 2 aliphatic heterocycles. The lowest BCUT2D eigenvalue weighted by Crippen LogP contribution is -2.04. The summed E-state index contributed by atoms with van der Waals surface area (Å²) in [5.41, 5.74) is 3.63. The lowest BCUT2D eigenvalue weighted by atomic mass is 10.1. The van der Waals surface area contributed by atoms with Gasteiger partial charge in [0.25, 0.3) is 0 Å². The fraction of sp³-hybridized carbons (Fsp3) is 0.200. The maximum Gasteiger partial charge on any atom is 0.160 e. The van der Waals surface area contributed by atoms with Crippen LogP contribution in [0, 0.1) is 5.82 Å². The van der Waals surface area contributed by atoms with Crippen LogP contribution in [0.3, 0.4) is 0 Å². The van der Waals surface area contributed by atoms with Crippen LogP contribution in [0.1, 0.15) is 25.5 Å². The standard InChI is InChI=1S/C25H22FN5O2/c1-2-3-11-32-20-9-7-17(8-10-20)22-13-21(33-30-22)15-31-16-24-23(14-27-31)28-25(29-24)18-5-4-6-19(26)12-18/h4-10,12-14,16H,2-3,11,15H2,1H3. The quantitative estimate of drug-likeness (QED) is 0.296. The van der Waals surface area contributed by atoms with E-state index in [9.17, 15) is 4.39 Å². The molecule has 1 aromatic heterocycles. The lowest BCUT2D eigenvalue weighted by molar-refractivity contribution is 0.309. The Hall–Kier alpha value is -4.07. The number of rotatable bonds is 8. The van der Waals surface area contributed by atoms with Crippen molar-refractivity contribution in [1.29, 1.82) is 0 Å². The molecule has 33 heavy (non-hydrogen) atoms. The van der Waals surface area contributed by atoms with E-state index >= 15 is 0 Å². The van der Waals surface area contributed by atoms with E-state index in [0.717, 1.165) is 36.5 Å². The third-order valence-corrected chi connectivity index (χ3v) is 5.19. The maximum absolute atomic E-state index is 13.5. The largest absolute Gasteiger partial charge is 0.494 e. The van der Waals surface area contributed by atoms with E-state index in [1.54, 1.807) is 29.2 Å². The van der Waals surface area contributed by atoms with Crippen LogP contribution in [0.15, 0.2) is 71.5 Å². The monoisotopic (exact) mass is 443 g/mol. The van der Waals surface area contributed by atoms with Crippen molar-refractivity contribution < 1.29 is 13.7 Å². The van der Waals surface area contributed by atoms with E-state index in [2.05, 4.69) is 27.1 Å². The van der Waals surface area contributed by atoms with Crippen molar-refractivity contribution in [2.45, 2.75) is 26.3 Å². The van der Waals surface area contributed by atoms with E-state index in [0.29, 0.717) is 35.1 Å². The highest BCUT2D eigenvalue weighted by atomic mass is 19.1. The fourth-order valence-electron chi connectivity index (χ4n) is 3.44. The number of benzene rings is 2. The van der Waals surface area contributed by atoms with Gasteiger partial charge in [-0.1, -0.05) is 30.6 Å². The van der Waals surface area contributed by atoms with Crippen LogP contribution in [0.4, 0.5) is 4.39 Å². The number of fused-ring (bicyclic) bond motifs is 1. The maximum atomic E-state index is 13.5. The molecule has 2 aromatic carbocycles. The first-order valence-electron chi connectivity index (χ1n) is 10.8. The molecular formula is C25H22FN5O2. The molecule has 0 amide bonds. The SMILES string of the molecule is CCCCOc1ccc(-c2cc(Cn3cc4nc(-c5cccc(F)c5)nc-4cn3)on2)cc1. The molecule has 0 spiro atoms. The number of nitrogens with zero attached hydrogens (tertiary/aromatic N) is 5. The Morgan fingerprint density at radius 2 is 1.82 bits per heavy atom. The van der Waals surface area contributed by atoms with Gasteiger partial charge in [0.1, 0.15) is 35.2 Å². The molecule has 0 atom stereocenters. The molecule has 0 aliphatic carbocycles. The molecule has 0 fully saturated rings. The van der Waals surface area contributed by atoms with Crippen molar-refractivity contribution in [2.24, 2.45) is 0 Å². The van der Waals surface area contributed by atoms with E-state index < -0.39 is 0 Å². The van der Waals surface area contributed by atoms with Crippen molar-refractivity contribution in [2.75, 3.05) is 6.61 Å². The van der Waals surface area contributed by atoms with Crippen LogP contribution in [-0.2, 0) is 6.54 Å². The Morgan fingerprint density at radius 1 is 0.970 bits per heavy atom. The molecule has 0 bridgehead atoms. The second kappa shape index (κ2) is 9.20. The Balaban J connectivity index is 1.30. The van der Waals surface area contributed by atoms with Gasteiger partial charge >= 0.3 is 0 Å². The average Bonchev–Trinajstić information content (AvgIpc) is 3.47. The lowest BCUT2D eigenvalue weighted by Gasteiger charge is -2.05. The zero-order chi connectivity index (χ0) is 22.6. The number of hydrogen-bond donors (Lipinski definition) is 0. The smallest absolute Gasteiger partial charge is 0.160 e. The van der Waals surface area contributed by atoms with Crippen LogP contribution in [0.5, 0.6) is 5.75 Å². The molecule has 5 rings (SSSR count). The van der Waals surface area contributed by atoms with E-state index in [-0.39, 0.29) is 5.82 Å². The fourth-order valence-corrected chi connectivity index (χ4v) is 3.44. The average molecular weight is 443 g/mol. The third kappa shape index (κ3) is 4.74. The number of ether oxygens (including phenoxy) is 1. The summed E-state index contributed by atoms with van der Waals surface area (Å²) in [7, 11) is 0. The van der Waals surface area contributed by atoms with Crippen LogP contribution < -0.4 is 4.74 Å². The first kappa shape index (κ1) is 20.8. The number of unbranched alkanes of at least 4 members (excludes halogenated alkanes) is 1. The van der Waals surface area contributed by atoms with Gasteiger partial charge in [-0.25, -0.2) is 14.4 Å². The minimum Gasteiger partial charge on any atom is -0.494 e. The molecule has 3 aromatic rings. The van der Waals surface area contributed by atoms with Gasteiger partial charge in [-0.3, -0.25) is 4.68 Å². The number of hydrogen-bond acceptors (Lipinski definition) is 6.